The monoisotopic (exact) mass is 574 g/mol. The number of anilines is 1. The van der Waals surface area contributed by atoms with Crippen LogP contribution >= 0.6 is 0 Å². The number of sulfone groups is 1. The molecule has 0 radical (unpaired) electrons. The van der Waals surface area contributed by atoms with Crippen LogP contribution in [0.3, 0.4) is 0 Å². The molecular weight excluding hydrogens is 539 g/mol. The van der Waals surface area contributed by atoms with E-state index in [-0.39, 0.29) is 24.1 Å². The molecule has 3 aromatic rings. The highest BCUT2D eigenvalue weighted by Gasteiger charge is 2.35. The number of aromatic nitrogens is 4. The van der Waals surface area contributed by atoms with Crippen molar-refractivity contribution >= 4 is 32.7 Å². The summed E-state index contributed by atoms with van der Waals surface area (Å²) in [4.78, 5) is 24.8. The summed E-state index contributed by atoms with van der Waals surface area (Å²) in [6.45, 7) is 8.34. The maximum Gasteiger partial charge on any atom is 0.410 e. The van der Waals surface area contributed by atoms with E-state index in [1.165, 1.54) is 12.0 Å². The normalized spacial score (nSPS) is 21.4. The van der Waals surface area contributed by atoms with Crippen LogP contribution in [0.4, 0.5) is 15.0 Å². The summed E-state index contributed by atoms with van der Waals surface area (Å²) < 4.78 is 51.8. The molecule has 2 aliphatic heterocycles. The van der Waals surface area contributed by atoms with Crippen LogP contribution in [0.15, 0.2) is 24.4 Å². The molecule has 2 aliphatic rings. The first-order valence-electron chi connectivity index (χ1n) is 13.3. The molecule has 4 heterocycles. The minimum absolute atomic E-state index is 0.0334. The van der Waals surface area contributed by atoms with Crippen LogP contribution in [0.2, 0.25) is 0 Å². The van der Waals surface area contributed by atoms with Gasteiger partial charge in [-0.3, -0.25) is 0 Å². The first kappa shape index (κ1) is 28.1. The second-order valence-corrected chi connectivity index (χ2v) is 13.7. The summed E-state index contributed by atoms with van der Waals surface area (Å²) in [5.41, 5.74) is 1.90. The van der Waals surface area contributed by atoms with Crippen molar-refractivity contribution in [2.75, 3.05) is 49.7 Å². The molecule has 0 N–H and O–H groups in total. The molecule has 13 heteroatoms. The molecule has 5 rings (SSSR count). The zero-order chi connectivity index (χ0) is 28.8. The van der Waals surface area contributed by atoms with Crippen molar-refractivity contribution < 1.29 is 27.1 Å². The molecule has 2 fully saturated rings. The number of carbonyl (C=O) groups is 1. The van der Waals surface area contributed by atoms with Gasteiger partial charge in [0.25, 0.3) is 0 Å². The zero-order valence-corrected chi connectivity index (χ0v) is 24.2. The van der Waals surface area contributed by atoms with Crippen LogP contribution in [0.25, 0.3) is 16.7 Å². The van der Waals surface area contributed by atoms with Crippen molar-refractivity contribution in [1.29, 1.82) is 0 Å². The lowest BCUT2D eigenvalue weighted by Crippen LogP contribution is -2.46. The third-order valence-corrected chi connectivity index (χ3v) is 8.90. The Bertz CT molecular complexity index is 1520. The fourth-order valence-electron chi connectivity index (χ4n) is 5.24. The molecule has 11 nitrogen and oxygen atoms in total. The standard InChI is InChI=1S/C27H35FN6O5S/c1-17-12-18-15-29-34(24-14-23(30-25(31-24)38-5)32-8-10-40(36,37)11-9-32)22(18)13-20(17)19-6-7-33(16-21(19)28)26(35)39-27(2,3)4/h12-15,19,21H,6-11,16H2,1-5H3/t19-,21-/m1/s1. The Labute approximate surface area is 233 Å². The number of amides is 1. The molecule has 40 heavy (non-hydrogen) atoms. The van der Waals surface area contributed by atoms with Crippen molar-refractivity contribution in [1.82, 2.24) is 24.6 Å². The summed E-state index contributed by atoms with van der Waals surface area (Å²) in [5.74, 6) is 0.720. The molecule has 0 bridgehead atoms. The Morgan fingerprint density at radius 3 is 2.42 bits per heavy atom. The Kier molecular flexibility index (Phi) is 7.36. The van der Waals surface area contributed by atoms with Gasteiger partial charge in [-0.2, -0.15) is 15.1 Å². The highest BCUT2D eigenvalue weighted by Crippen LogP contribution is 2.36. The maximum atomic E-state index is 15.6. The summed E-state index contributed by atoms with van der Waals surface area (Å²) in [7, 11) is -1.59. The van der Waals surface area contributed by atoms with Crippen LogP contribution < -0.4 is 9.64 Å². The number of ether oxygens (including phenoxy) is 2. The van der Waals surface area contributed by atoms with Crippen LogP contribution in [-0.4, -0.2) is 95.7 Å². The second kappa shape index (κ2) is 10.5. The number of hydrogen-bond donors (Lipinski definition) is 0. The number of methoxy groups -OCH3 is 1. The summed E-state index contributed by atoms with van der Waals surface area (Å²) >= 11 is 0. The molecule has 0 spiro atoms. The highest BCUT2D eigenvalue weighted by molar-refractivity contribution is 7.91. The third kappa shape index (κ3) is 5.84. The number of rotatable bonds is 4. The van der Waals surface area contributed by atoms with Crippen molar-refractivity contribution in [3.8, 4) is 11.8 Å². The van der Waals surface area contributed by atoms with Gasteiger partial charge in [-0.15, -0.1) is 0 Å². The lowest BCUT2D eigenvalue weighted by atomic mass is 9.85. The van der Waals surface area contributed by atoms with Gasteiger partial charge in [-0.1, -0.05) is 0 Å². The smallest absolute Gasteiger partial charge is 0.410 e. The average molecular weight is 575 g/mol. The molecule has 2 aromatic heterocycles. The van der Waals surface area contributed by atoms with Gasteiger partial charge in [-0.25, -0.2) is 22.3 Å². The van der Waals surface area contributed by atoms with E-state index in [0.29, 0.717) is 37.7 Å². The Hall–Kier alpha value is -3.48. The topological polar surface area (TPSA) is 120 Å². The minimum Gasteiger partial charge on any atom is -0.467 e. The number of likely N-dealkylation sites (tertiary alicyclic amines) is 1. The van der Waals surface area contributed by atoms with Crippen molar-refractivity contribution in [3.05, 3.63) is 35.5 Å². The number of alkyl halides is 1. The highest BCUT2D eigenvalue weighted by atomic mass is 32.2. The van der Waals surface area contributed by atoms with E-state index in [1.54, 1.807) is 37.7 Å². The Morgan fingerprint density at radius 2 is 1.77 bits per heavy atom. The fraction of sp³-hybridized carbons (Fsp3) is 0.556. The predicted molar refractivity (Wildman–Crippen MR) is 149 cm³/mol. The molecular formula is C27H35FN6O5S. The fourth-order valence-corrected chi connectivity index (χ4v) is 6.44. The Balaban J connectivity index is 1.45. The molecule has 1 amide bonds. The van der Waals surface area contributed by atoms with E-state index in [0.717, 1.165) is 22.0 Å². The quantitative estimate of drug-likeness (QED) is 0.462. The predicted octanol–water partition coefficient (Wildman–Crippen LogP) is 3.43. The summed E-state index contributed by atoms with van der Waals surface area (Å²) in [6.07, 6.45) is 0.435. The Morgan fingerprint density at radius 1 is 1.07 bits per heavy atom. The van der Waals surface area contributed by atoms with Crippen molar-refractivity contribution in [2.24, 2.45) is 0 Å². The van der Waals surface area contributed by atoms with Crippen molar-refractivity contribution in [3.63, 3.8) is 0 Å². The summed E-state index contributed by atoms with van der Waals surface area (Å²) in [5, 5.41) is 5.43. The first-order valence-corrected chi connectivity index (χ1v) is 15.1. The van der Waals surface area contributed by atoms with E-state index in [4.69, 9.17) is 9.47 Å². The number of hydrogen-bond acceptors (Lipinski definition) is 9. The van der Waals surface area contributed by atoms with E-state index >= 15 is 4.39 Å². The first-order chi connectivity index (χ1) is 18.8. The van der Waals surface area contributed by atoms with Gasteiger partial charge >= 0.3 is 12.1 Å². The zero-order valence-electron chi connectivity index (χ0n) is 23.4. The van der Waals surface area contributed by atoms with Crippen molar-refractivity contribution in [2.45, 2.75) is 51.8 Å². The lowest BCUT2D eigenvalue weighted by Gasteiger charge is -2.36. The van der Waals surface area contributed by atoms with Crippen LogP contribution in [-0.2, 0) is 14.6 Å². The van der Waals surface area contributed by atoms with Gasteiger partial charge in [0, 0.05) is 37.0 Å². The largest absolute Gasteiger partial charge is 0.467 e. The number of halogens is 1. The molecule has 0 saturated carbocycles. The molecule has 0 unspecified atom stereocenters. The molecule has 2 atom stereocenters. The minimum atomic E-state index is -3.06. The molecule has 2 saturated heterocycles. The number of carbonyl (C=O) groups excluding carboxylic acids is 1. The van der Waals surface area contributed by atoms with Gasteiger partial charge in [0.15, 0.2) is 15.7 Å². The third-order valence-electron chi connectivity index (χ3n) is 7.29. The second-order valence-electron chi connectivity index (χ2n) is 11.4. The summed E-state index contributed by atoms with van der Waals surface area (Å²) in [6, 6.07) is 5.81. The van der Waals surface area contributed by atoms with E-state index in [1.807, 2.05) is 24.0 Å². The molecule has 0 aliphatic carbocycles. The maximum absolute atomic E-state index is 15.6. The number of aryl methyl sites for hydroxylation is 1. The van der Waals surface area contributed by atoms with E-state index < -0.39 is 33.6 Å². The van der Waals surface area contributed by atoms with E-state index in [2.05, 4.69) is 15.1 Å². The van der Waals surface area contributed by atoms with E-state index in [9.17, 15) is 13.2 Å². The lowest BCUT2D eigenvalue weighted by molar-refractivity contribution is 0.0111. The SMILES string of the molecule is COc1nc(N2CCS(=O)(=O)CC2)cc(-n2ncc3cc(C)c([C@H]4CCN(C(=O)OC(C)(C)C)C[C@H]4F)cc32)n1. The number of benzene rings is 1. The molecule has 1 aromatic carbocycles. The van der Waals surface area contributed by atoms with Gasteiger partial charge in [-0.05, 0) is 57.4 Å². The van der Waals surface area contributed by atoms with Gasteiger partial charge in [0.1, 0.15) is 17.6 Å². The van der Waals surface area contributed by atoms with Gasteiger partial charge in [0.05, 0.1) is 36.9 Å². The number of fused-ring (bicyclic) bond motifs is 1. The molecule has 216 valence electrons. The van der Waals surface area contributed by atoms with Gasteiger partial charge in [0.2, 0.25) is 0 Å². The van der Waals surface area contributed by atoms with Crippen LogP contribution in [0.5, 0.6) is 6.01 Å². The van der Waals surface area contributed by atoms with Crippen LogP contribution in [0, 0.1) is 6.92 Å². The van der Waals surface area contributed by atoms with Gasteiger partial charge < -0.3 is 19.3 Å². The number of nitrogens with zero attached hydrogens (tertiary/aromatic N) is 6. The number of piperidine rings is 1. The van der Waals surface area contributed by atoms with Crippen LogP contribution in [0.1, 0.15) is 44.2 Å². The average Bonchev–Trinajstić information content (AvgIpc) is 3.29.